The highest BCUT2D eigenvalue weighted by atomic mass is 16.6. The maximum atomic E-state index is 13.6. The Morgan fingerprint density at radius 3 is 2.46 bits per heavy atom. The van der Waals surface area contributed by atoms with Crippen molar-refractivity contribution in [3.8, 4) is 11.1 Å². The lowest BCUT2D eigenvalue weighted by Crippen LogP contribution is -2.53. The molecule has 1 saturated heterocycles. The molecule has 2 heterocycles. The minimum absolute atomic E-state index is 0.00925. The van der Waals surface area contributed by atoms with Gasteiger partial charge in [-0.3, -0.25) is 9.59 Å². The van der Waals surface area contributed by atoms with Crippen LogP contribution in [-0.4, -0.2) is 59.3 Å². The Morgan fingerprint density at radius 1 is 1.14 bits per heavy atom. The number of rotatable bonds is 12. The molecule has 2 aromatic rings. The summed E-state index contributed by atoms with van der Waals surface area (Å²) in [4.78, 5) is 40.7. The minimum atomic E-state index is -1.54. The number of aryl methyl sites for hydroxylation is 2. The lowest BCUT2D eigenvalue weighted by molar-refractivity contribution is -0.138. The lowest BCUT2D eigenvalue weighted by Gasteiger charge is -2.31. The first-order chi connectivity index (χ1) is 17.5. The normalized spacial score (nSPS) is 17.8. The van der Waals surface area contributed by atoms with Crippen LogP contribution in [0.25, 0.3) is 11.1 Å². The fourth-order valence-corrected chi connectivity index (χ4v) is 5.21. The van der Waals surface area contributed by atoms with Gasteiger partial charge in [-0.15, -0.1) is 0 Å². The molecule has 1 aliphatic heterocycles. The summed E-state index contributed by atoms with van der Waals surface area (Å²) >= 11 is 0. The van der Waals surface area contributed by atoms with E-state index >= 15 is 0 Å². The minimum Gasteiger partial charge on any atom is -0.457 e. The Labute approximate surface area is 218 Å². The van der Waals surface area contributed by atoms with E-state index in [-0.39, 0.29) is 18.3 Å². The van der Waals surface area contributed by atoms with Gasteiger partial charge in [-0.05, 0) is 51.2 Å². The lowest BCUT2D eigenvalue weighted by atomic mass is 9.88. The molecule has 0 unspecified atom stereocenters. The van der Waals surface area contributed by atoms with Gasteiger partial charge in [-0.25, -0.2) is 9.69 Å². The second-order valence-electron chi connectivity index (χ2n) is 10.6. The molecule has 2 amide bonds. The van der Waals surface area contributed by atoms with Crippen LogP contribution in [-0.2, 0) is 20.7 Å². The summed E-state index contributed by atoms with van der Waals surface area (Å²) in [6.07, 6.45) is 1.68. The highest BCUT2D eigenvalue weighted by Crippen LogP contribution is 2.35. The second-order valence-corrected chi connectivity index (χ2v) is 10.6. The van der Waals surface area contributed by atoms with Crippen molar-refractivity contribution in [1.82, 2.24) is 4.90 Å². The molecule has 37 heavy (non-hydrogen) atoms. The number of unbranched alkanes of at least 4 members (excludes halogenated alkanes) is 3. The number of nitrogens with zero attached hydrogens (tertiary/aromatic N) is 1. The van der Waals surface area contributed by atoms with E-state index in [9.17, 15) is 14.4 Å². The summed E-state index contributed by atoms with van der Waals surface area (Å²) < 4.78 is 16.9. The topological polar surface area (TPSA) is 106 Å². The SMILES string of the molecule is CO[C@H](C(=O)c1cc(-c2cccc(C)c2)c(CCCCCCO)o1)C(=O)N1C(=O)OC(C)(C)[C@H]1C(C)C. The number of cyclic esters (lactones) is 1. The molecular formula is C29H39NO7. The van der Waals surface area contributed by atoms with Crippen LogP contribution in [0, 0.1) is 12.8 Å². The number of carbonyl (C=O) groups excluding carboxylic acids is 3. The van der Waals surface area contributed by atoms with Crippen LogP contribution in [0.4, 0.5) is 4.79 Å². The molecule has 8 heteroatoms. The number of imide groups is 1. The first-order valence-corrected chi connectivity index (χ1v) is 13.0. The van der Waals surface area contributed by atoms with E-state index in [1.54, 1.807) is 19.9 Å². The van der Waals surface area contributed by atoms with Crippen LogP contribution in [0.5, 0.6) is 0 Å². The Balaban J connectivity index is 1.92. The average molecular weight is 514 g/mol. The average Bonchev–Trinajstić information content (AvgIpc) is 3.36. The third-order valence-corrected chi connectivity index (χ3v) is 6.80. The standard InChI is InChI=1S/C29H39NO7/c1-18(2)26-29(4,5)37-28(34)30(26)27(33)25(35-6)24(32)23-17-21(20-13-11-12-19(3)16-20)22(36-23)14-9-7-8-10-15-31/h11-13,16-18,25-26,31H,7-10,14-15H2,1-6H3/t25-,26-/m1/s1. The zero-order chi connectivity index (χ0) is 27.3. The Hall–Kier alpha value is -2.97. The van der Waals surface area contributed by atoms with Gasteiger partial charge >= 0.3 is 6.09 Å². The summed E-state index contributed by atoms with van der Waals surface area (Å²) in [5.74, 6) is -0.835. The second kappa shape index (κ2) is 12.0. The summed E-state index contributed by atoms with van der Waals surface area (Å²) in [7, 11) is 1.27. The van der Waals surface area contributed by atoms with Gasteiger partial charge in [-0.2, -0.15) is 0 Å². The van der Waals surface area contributed by atoms with Gasteiger partial charge in [0.2, 0.25) is 11.9 Å². The number of furan rings is 1. The molecule has 1 aliphatic rings. The van der Waals surface area contributed by atoms with Crippen molar-refractivity contribution in [3.05, 3.63) is 47.4 Å². The number of ketones is 1. The van der Waals surface area contributed by atoms with Crippen molar-refractivity contribution >= 4 is 17.8 Å². The number of aliphatic hydroxyl groups is 1. The van der Waals surface area contributed by atoms with E-state index in [0.29, 0.717) is 12.2 Å². The monoisotopic (exact) mass is 513 g/mol. The number of Topliss-reactive ketones (excluding diaryl/α,β-unsaturated/α-hetero) is 1. The van der Waals surface area contributed by atoms with Gasteiger partial charge < -0.3 is 19.0 Å². The molecule has 0 radical (unpaired) electrons. The predicted molar refractivity (Wildman–Crippen MR) is 139 cm³/mol. The number of aliphatic hydroxyl groups excluding tert-OH is 1. The fraction of sp³-hybridized carbons (Fsp3) is 0.552. The van der Waals surface area contributed by atoms with E-state index in [2.05, 4.69) is 0 Å². The number of hydrogen-bond acceptors (Lipinski definition) is 7. The van der Waals surface area contributed by atoms with E-state index in [1.165, 1.54) is 7.11 Å². The zero-order valence-corrected chi connectivity index (χ0v) is 22.7. The van der Waals surface area contributed by atoms with Crippen molar-refractivity contribution in [2.24, 2.45) is 5.92 Å². The predicted octanol–water partition coefficient (Wildman–Crippen LogP) is 5.33. The quantitative estimate of drug-likeness (QED) is 0.232. The number of amides is 2. The van der Waals surface area contributed by atoms with Gasteiger partial charge in [0.05, 0.1) is 6.04 Å². The molecular weight excluding hydrogens is 474 g/mol. The Morgan fingerprint density at radius 2 is 1.84 bits per heavy atom. The molecule has 0 saturated carbocycles. The van der Waals surface area contributed by atoms with Crippen molar-refractivity contribution in [2.75, 3.05) is 13.7 Å². The van der Waals surface area contributed by atoms with Gasteiger partial charge in [0, 0.05) is 25.7 Å². The highest BCUT2D eigenvalue weighted by Gasteiger charge is 2.54. The summed E-state index contributed by atoms with van der Waals surface area (Å²) in [6, 6.07) is 9.01. The van der Waals surface area contributed by atoms with Crippen molar-refractivity contribution in [2.45, 2.75) is 84.5 Å². The molecule has 0 aliphatic carbocycles. The van der Waals surface area contributed by atoms with Crippen molar-refractivity contribution in [1.29, 1.82) is 0 Å². The molecule has 1 aromatic heterocycles. The molecule has 3 rings (SSSR count). The van der Waals surface area contributed by atoms with E-state index in [0.717, 1.165) is 47.3 Å². The first-order valence-electron chi connectivity index (χ1n) is 13.0. The van der Waals surface area contributed by atoms with E-state index in [1.807, 2.05) is 45.0 Å². The Kier molecular flexibility index (Phi) is 9.31. The van der Waals surface area contributed by atoms with Crippen LogP contribution in [0.3, 0.4) is 0 Å². The largest absolute Gasteiger partial charge is 0.457 e. The molecule has 1 aromatic carbocycles. The smallest absolute Gasteiger partial charge is 0.417 e. The zero-order valence-electron chi connectivity index (χ0n) is 22.7. The van der Waals surface area contributed by atoms with E-state index in [4.69, 9.17) is 19.0 Å². The highest BCUT2D eigenvalue weighted by molar-refractivity contribution is 6.14. The fourth-order valence-electron chi connectivity index (χ4n) is 5.21. The maximum absolute atomic E-state index is 13.6. The molecule has 8 nitrogen and oxygen atoms in total. The van der Waals surface area contributed by atoms with Crippen LogP contribution in [0.1, 0.15) is 75.3 Å². The van der Waals surface area contributed by atoms with Gasteiger partial charge in [-0.1, -0.05) is 56.5 Å². The number of hydrogen-bond donors (Lipinski definition) is 1. The number of ether oxygens (including phenoxy) is 2. The van der Waals surface area contributed by atoms with E-state index < -0.39 is 35.5 Å². The van der Waals surface area contributed by atoms with Crippen molar-refractivity contribution in [3.63, 3.8) is 0 Å². The summed E-state index contributed by atoms with van der Waals surface area (Å²) in [5.41, 5.74) is 1.88. The van der Waals surface area contributed by atoms with Gasteiger partial charge in [0.1, 0.15) is 11.4 Å². The molecule has 1 N–H and O–H groups in total. The third kappa shape index (κ3) is 6.30. The molecule has 2 atom stereocenters. The van der Waals surface area contributed by atoms with Crippen LogP contribution >= 0.6 is 0 Å². The Bertz CT molecular complexity index is 1120. The van der Waals surface area contributed by atoms with Gasteiger partial charge in [0.15, 0.2) is 5.76 Å². The number of carbonyl (C=O) groups is 3. The molecule has 202 valence electrons. The van der Waals surface area contributed by atoms with Crippen LogP contribution < -0.4 is 0 Å². The van der Waals surface area contributed by atoms with Crippen LogP contribution in [0.15, 0.2) is 34.7 Å². The van der Waals surface area contributed by atoms with Crippen molar-refractivity contribution < 1.29 is 33.4 Å². The summed E-state index contributed by atoms with van der Waals surface area (Å²) in [6.45, 7) is 9.45. The molecule has 0 spiro atoms. The molecule has 1 fully saturated rings. The molecule has 0 bridgehead atoms. The third-order valence-electron chi connectivity index (χ3n) is 6.80. The first kappa shape index (κ1) is 28.6. The number of methoxy groups -OCH3 is 1. The number of benzene rings is 1. The van der Waals surface area contributed by atoms with Gasteiger partial charge in [0.25, 0.3) is 5.91 Å². The van der Waals surface area contributed by atoms with Crippen LogP contribution in [0.2, 0.25) is 0 Å². The summed E-state index contributed by atoms with van der Waals surface area (Å²) in [5, 5.41) is 9.03. The maximum Gasteiger partial charge on any atom is 0.417 e.